The highest BCUT2D eigenvalue weighted by Crippen LogP contribution is 2.30. The number of carbonyl (C=O) groups excluding carboxylic acids is 1. The minimum Gasteiger partial charge on any atom is -0.451 e. The number of hydrogen-bond donors (Lipinski definition) is 2. The van der Waals surface area contributed by atoms with E-state index in [9.17, 15) is 23.3 Å². The van der Waals surface area contributed by atoms with Gasteiger partial charge in [-0.25, -0.2) is 8.42 Å². The zero-order valence-electron chi connectivity index (χ0n) is 19.2. The topological polar surface area (TPSA) is 138 Å². The minimum atomic E-state index is -3.19. The van der Waals surface area contributed by atoms with E-state index in [0.717, 1.165) is 5.69 Å². The number of carbonyl (C=O) groups is 1. The molecule has 1 saturated heterocycles. The predicted octanol–water partition coefficient (Wildman–Crippen LogP) is 3.06. The van der Waals surface area contributed by atoms with Crippen LogP contribution in [-0.4, -0.2) is 61.1 Å². The number of benzene rings is 2. The Kier molecular flexibility index (Phi) is 7.33. The summed E-state index contributed by atoms with van der Waals surface area (Å²) in [4.78, 5) is 25.4. The fourth-order valence-corrected chi connectivity index (χ4v) is 4.84. The largest absolute Gasteiger partial charge is 0.451 e. The number of thiocarbonyl (C=S) groups is 1. The average Bonchev–Trinajstić information content (AvgIpc) is 3.34. The van der Waals surface area contributed by atoms with E-state index in [1.165, 1.54) is 28.8 Å². The third kappa shape index (κ3) is 5.87. The van der Waals surface area contributed by atoms with Crippen molar-refractivity contribution in [3.05, 3.63) is 76.5 Å². The number of para-hydroxylation sites is 1. The summed E-state index contributed by atoms with van der Waals surface area (Å²) >= 11 is 5.23. The Morgan fingerprint density at radius 3 is 2.33 bits per heavy atom. The zero-order valence-corrected chi connectivity index (χ0v) is 20.8. The molecule has 36 heavy (non-hydrogen) atoms. The van der Waals surface area contributed by atoms with Crippen LogP contribution in [0.5, 0.6) is 0 Å². The maximum absolute atomic E-state index is 12.5. The second kappa shape index (κ2) is 10.4. The van der Waals surface area contributed by atoms with Crippen molar-refractivity contribution in [1.29, 1.82) is 0 Å². The molecule has 11 nitrogen and oxygen atoms in total. The van der Waals surface area contributed by atoms with Crippen LogP contribution in [0.2, 0.25) is 0 Å². The number of sulfonamides is 1. The third-order valence-electron chi connectivity index (χ3n) is 5.62. The van der Waals surface area contributed by atoms with Gasteiger partial charge in [0.05, 0.1) is 16.7 Å². The predicted molar refractivity (Wildman–Crippen MR) is 140 cm³/mol. The van der Waals surface area contributed by atoms with Gasteiger partial charge in [0.15, 0.2) is 10.9 Å². The number of nitrogens with one attached hydrogen (secondary N) is 2. The highest BCUT2D eigenvalue weighted by Gasteiger charge is 2.23. The van der Waals surface area contributed by atoms with E-state index in [1.807, 2.05) is 12.1 Å². The highest BCUT2D eigenvalue weighted by molar-refractivity contribution is 7.88. The Morgan fingerprint density at radius 1 is 1.03 bits per heavy atom. The number of amides is 1. The standard InChI is InChI=1S/C23H23N5O6S2/c1-36(32,33)27-14-12-26(13-15-27)17-8-6-16(7-9-17)24-23(35)25-22(29)21-11-10-20(34-21)18-4-2-3-5-19(18)28(30)31/h2-11H,12-15H2,1H3,(H2,24,25,29,35). The van der Waals surface area contributed by atoms with E-state index in [2.05, 4.69) is 15.5 Å². The molecule has 0 aliphatic carbocycles. The summed E-state index contributed by atoms with van der Waals surface area (Å²) in [7, 11) is -3.19. The van der Waals surface area contributed by atoms with Gasteiger partial charge in [-0.3, -0.25) is 20.2 Å². The molecule has 1 aliphatic heterocycles. The first-order valence-electron chi connectivity index (χ1n) is 10.9. The molecule has 2 aromatic carbocycles. The van der Waals surface area contributed by atoms with E-state index in [0.29, 0.717) is 31.9 Å². The first-order valence-corrected chi connectivity index (χ1v) is 13.1. The first-order chi connectivity index (χ1) is 17.1. The maximum Gasteiger partial charge on any atom is 0.293 e. The van der Waals surface area contributed by atoms with E-state index in [1.54, 1.807) is 30.3 Å². The van der Waals surface area contributed by atoms with Gasteiger partial charge in [0.2, 0.25) is 10.0 Å². The molecule has 1 aliphatic rings. The van der Waals surface area contributed by atoms with Gasteiger partial charge in [0, 0.05) is 43.6 Å². The van der Waals surface area contributed by atoms with Crippen LogP contribution in [0, 0.1) is 10.1 Å². The summed E-state index contributed by atoms with van der Waals surface area (Å²) < 4.78 is 30.3. The molecule has 3 aromatic rings. The molecule has 188 valence electrons. The number of anilines is 2. The van der Waals surface area contributed by atoms with E-state index in [4.69, 9.17) is 16.6 Å². The number of nitro groups is 1. The molecule has 1 aromatic heterocycles. The lowest BCUT2D eigenvalue weighted by Crippen LogP contribution is -2.48. The maximum atomic E-state index is 12.5. The lowest BCUT2D eigenvalue weighted by molar-refractivity contribution is -0.384. The smallest absolute Gasteiger partial charge is 0.293 e. The molecule has 0 saturated carbocycles. The molecule has 4 rings (SSSR count). The van der Waals surface area contributed by atoms with Crippen molar-refractivity contribution in [2.24, 2.45) is 0 Å². The molecule has 0 spiro atoms. The van der Waals surface area contributed by atoms with Crippen molar-refractivity contribution in [1.82, 2.24) is 9.62 Å². The molecule has 2 heterocycles. The molecule has 1 fully saturated rings. The van der Waals surface area contributed by atoms with Crippen molar-refractivity contribution >= 4 is 50.3 Å². The van der Waals surface area contributed by atoms with E-state index < -0.39 is 20.9 Å². The van der Waals surface area contributed by atoms with Gasteiger partial charge in [0.25, 0.3) is 11.6 Å². The monoisotopic (exact) mass is 529 g/mol. The van der Waals surface area contributed by atoms with Crippen molar-refractivity contribution in [3.63, 3.8) is 0 Å². The van der Waals surface area contributed by atoms with Crippen molar-refractivity contribution < 1.29 is 22.6 Å². The van der Waals surface area contributed by atoms with Crippen molar-refractivity contribution in [2.45, 2.75) is 0 Å². The van der Waals surface area contributed by atoms with Gasteiger partial charge >= 0.3 is 0 Å². The number of furan rings is 1. The molecule has 0 atom stereocenters. The van der Waals surface area contributed by atoms with Crippen LogP contribution in [0.25, 0.3) is 11.3 Å². The third-order valence-corrected chi connectivity index (χ3v) is 7.13. The van der Waals surface area contributed by atoms with Crippen LogP contribution in [0.3, 0.4) is 0 Å². The van der Waals surface area contributed by atoms with E-state index in [-0.39, 0.29) is 27.9 Å². The second-order valence-corrected chi connectivity index (χ2v) is 10.4. The van der Waals surface area contributed by atoms with Crippen LogP contribution < -0.4 is 15.5 Å². The first kappa shape index (κ1) is 25.3. The van der Waals surface area contributed by atoms with Gasteiger partial charge in [-0.15, -0.1) is 0 Å². The average molecular weight is 530 g/mol. The number of hydrogen-bond acceptors (Lipinski definition) is 8. The fraction of sp³-hybridized carbons (Fsp3) is 0.217. The van der Waals surface area contributed by atoms with Crippen molar-refractivity contribution in [2.75, 3.05) is 42.7 Å². The molecule has 0 bridgehead atoms. The summed E-state index contributed by atoms with van der Waals surface area (Å²) in [6.45, 7) is 2.04. The molecule has 2 N–H and O–H groups in total. The Labute approximate surface area is 212 Å². The van der Waals surface area contributed by atoms with Crippen LogP contribution in [0.15, 0.2) is 65.1 Å². The number of piperazine rings is 1. The van der Waals surface area contributed by atoms with Gasteiger partial charge in [-0.05, 0) is 54.7 Å². The van der Waals surface area contributed by atoms with E-state index >= 15 is 0 Å². The molecule has 13 heteroatoms. The number of nitro benzene ring substituents is 1. The lowest BCUT2D eigenvalue weighted by atomic mass is 10.1. The summed E-state index contributed by atoms with van der Waals surface area (Å²) in [6, 6.07) is 16.4. The van der Waals surface area contributed by atoms with Gasteiger partial charge in [-0.1, -0.05) is 12.1 Å². The lowest BCUT2D eigenvalue weighted by Gasteiger charge is -2.34. The minimum absolute atomic E-state index is 0.0455. The Morgan fingerprint density at radius 2 is 1.69 bits per heavy atom. The van der Waals surface area contributed by atoms with Gasteiger partial charge < -0.3 is 14.6 Å². The van der Waals surface area contributed by atoms with Gasteiger partial charge in [-0.2, -0.15) is 4.31 Å². The fourth-order valence-electron chi connectivity index (χ4n) is 3.81. The molecular formula is C23H23N5O6S2. The highest BCUT2D eigenvalue weighted by atomic mass is 32.2. The summed E-state index contributed by atoms with van der Waals surface area (Å²) in [6.07, 6.45) is 1.21. The quantitative estimate of drug-likeness (QED) is 0.280. The summed E-state index contributed by atoms with van der Waals surface area (Å²) in [5, 5.41) is 16.8. The van der Waals surface area contributed by atoms with Crippen LogP contribution in [0.4, 0.5) is 17.1 Å². The molecule has 0 unspecified atom stereocenters. The normalized spacial score (nSPS) is 14.3. The second-order valence-electron chi connectivity index (χ2n) is 8.04. The van der Waals surface area contributed by atoms with Crippen LogP contribution in [0.1, 0.15) is 10.6 Å². The summed E-state index contributed by atoms with van der Waals surface area (Å²) in [5.41, 5.74) is 1.73. The zero-order chi connectivity index (χ0) is 25.9. The molecule has 1 amide bonds. The van der Waals surface area contributed by atoms with Crippen LogP contribution >= 0.6 is 12.2 Å². The van der Waals surface area contributed by atoms with Crippen LogP contribution in [-0.2, 0) is 10.0 Å². The summed E-state index contributed by atoms with van der Waals surface area (Å²) in [5.74, 6) is -0.451. The SMILES string of the molecule is CS(=O)(=O)N1CCN(c2ccc(NC(=S)NC(=O)c3ccc(-c4ccccc4[N+](=O)[O-])o3)cc2)CC1. The Balaban J connectivity index is 1.33. The number of rotatable bonds is 6. The van der Waals surface area contributed by atoms with Gasteiger partial charge in [0.1, 0.15) is 5.76 Å². The molecular weight excluding hydrogens is 506 g/mol. The molecule has 0 radical (unpaired) electrons. The number of nitrogens with zero attached hydrogens (tertiary/aromatic N) is 3. The Hall–Kier alpha value is -3.81. The Bertz CT molecular complexity index is 1400. The van der Waals surface area contributed by atoms with Crippen molar-refractivity contribution in [3.8, 4) is 11.3 Å².